The molecule has 0 radical (unpaired) electrons. The molecular formula is C24H31ClN2O4S. The highest BCUT2D eigenvalue weighted by Gasteiger charge is 2.35. The predicted molar refractivity (Wildman–Crippen MR) is 129 cm³/mol. The number of carbonyl (C=O) groups is 1. The Morgan fingerprint density at radius 3 is 2.59 bits per heavy atom. The summed E-state index contributed by atoms with van der Waals surface area (Å²) in [5.74, 6) is -0.411. The Morgan fingerprint density at radius 1 is 1.28 bits per heavy atom. The zero-order chi connectivity index (χ0) is 23.3. The smallest absolute Gasteiger partial charge is 0.303 e. The number of piperidine rings is 1. The maximum atomic E-state index is 12.0. The fourth-order valence-corrected chi connectivity index (χ4v) is 5.66. The van der Waals surface area contributed by atoms with E-state index in [9.17, 15) is 13.2 Å². The van der Waals surface area contributed by atoms with Crippen LogP contribution < -0.4 is 5.32 Å². The lowest BCUT2D eigenvalue weighted by atomic mass is 9.74. The first-order valence-electron chi connectivity index (χ1n) is 10.9. The summed E-state index contributed by atoms with van der Waals surface area (Å²) < 4.78 is 25.5. The number of dihydropyridines is 1. The Morgan fingerprint density at radius 2 is 2.00 bits per heavy atom. The van der Waals surface area contributed by atoms with Crippen molar-refractivity contribution in [3.05, 3.63) is 64.3 Å². The standard InChI is InChI=1S/C24H31ClN2O4S/c1-17(6-9-23(28)29)15-19-16-20(25)7-8-21(19)24(22-5-3-4-12-26-22)18-10-13-27(14-11-18)32(2,30)31/h3-5,7-8,12,15-16,18,22,24,26H,6,9-11,13-14H2,1-2H3,(H,28,29)/b17-15+. The van der Waals surface area contributed by atoms with Crippen molar-refractivity contribution in [3.63, 3.8) is 0 Å². The zero-order valence-corrected chi connectivity index (χ0v) is 20.1. The zero-order valence-electron chi connectivity index (χ0n) is 18.5. The van der Waals surface area contributed by atoms with Gasteiger partial charge in [-0.2, -0.15) is 0 Å². The molecule has 2 heterocycles. The maximum Gasteiger partial charge on any atom is 0.303 e. The number of halogens is 1. The van der Waals surface area contributed by atoms with Crippen molar-refractivity contribution < 1.29 is 18.3 Å². The number of carboxylic acid groups (broad SMARTS) is 1. The average Bonchev–Trinajstić information content (AvgIpc) is 2.74. The van der Waals surface area contributed by atoms with Gasteiger partial charge in [-0.25, -0.2) is 12.7 Å². The van der Waals surface area contributed by atoms with Crippen molar-refractivity contribution in [2.24, 2.45) is 5.92 Å². The quantitative estimate of drug-likeness (QED) is 0.578. The number of aliphatic carboxylic acids is 1. The molecule has 2 N–H and O–H groups in total. The van der Waals surface area contributed by atoms with Crippen LogP contribution in [0.5, 0.6) is 0 Å². The number of allylic oxidation sites excluding steroid dienone is 3. The first-order chi connectivity index (χ1) is 15.1. The van der Waals surface area contributed by atoms with Gasteiger partial charge in [-0.05, 0) is 67.6 Å². The normalized spacial score (nSPS) is 21.3. The number of benzene rings is 1. The molecule has 2 unspecified atom stereocenters. The summed E-state index contributed by atoms with van der Waals surface area (Å²) >= 11 is 6.34. The number of sulfonamides is 1. The Kier molecular flexibility index (Phi) is 8.20. The molecule has 0 amide bonds. The molecule has 1 fully saturated rings. The highest BCUT2D eigenvalue weighted by Crippen LogP contribution is 2.39. The summed E-state index contributed by atoms with van der Waals surface area (Å²) in [6.07, 6.45) is 13.5. The third-order valence-electron chi connectivity index (χ3n) is 6.22. The van der Waals surface area contributed by atoms with Gasteiger partial charge in [0.15, 0.2) is 0 Å². The van der Waals surface area contributed by atoms with Gasteiger partial charge in [-0.3, -0.25) is 4.79 Å². The summed E-state index contributed by atoms with van der Waals surface area (Å²) in [5.41, 5.74) is 3.11. The fraction of sp³-hybridized carbons (Fsp3) is 0.458. The van der Waals surface area contributed by atoms with E-state index in [0.717, 1.165) is 29.5 Å². The molecule has 0 aliphatic carbocycles. The van der Waals surface area contributed by atoms with Crippen molar-refractivity contribution in [1.29, 1.82) is 0 Å². The number of rotatable bonds is 8. The van der Waals surface area contributed by atoms with E-state index < -0.39 is 16.0 Å². The molecule has 2 atom stereocenters. The minimum atomic E-state index is -3.19. The van der Waals surface area contributed by atoms with Gasteiger partial charge in [0.2, 0.25) is 10.0 Å². The first kappa shape index (κ1) is 24.6. The Labute approximate surface area is 195 Å². The van der Waals surface area contributed by atoms with E-state index >= 15 is 0 Å². The van der Waals surface area contributed by atoms with Gasteiger partial charge >= 0.3 is 5.97 Å². The third-order valence-corrected chi connectivity index (χ3v) is 7.76. The lowest BCUT2D eigenvalue weighted by molar-refractivity contribution is -0.136. The maximum absolute atomic E-state index is 12.0. The summed E-state index contributed by atoms with van der Waals surface area (Å²) in [5, 5.41) is 13.1. The van der Waals surface area contributed by atoms with E-state index in [1.165, 1.54) is 6.26 Å². The van der Waals surface area contributed by atoms with E-state index in [-0.39, 0.29) is 24.3 Å². The van der Waals surface area contributed by atoms with E-state index in [1.807, 2.05) is 43.5 Å². The van der Waals surface area contributed by atoms with Crippen LogP contribution in [-0.4, -0.2) is 49.2 Å². The lowest BCUT2D eigenvalue weighted by Crippen LogP contribution is -2.43. The minimum absolute atomic E-state index is 0.0717. The molecule has 0 spiro atoms. The molecule has 6 nitrogen and oxygen atoms in total. The molecule has 174 valence electrons. The van der Waals surface area contributed by atoms with Crippen LogP contribution in [0, 0.1) is 5.92 Å². The van der Waals surface area contributed by atoms with Gasteiger partial charge in [0.1, 0.15) is 0 Å². The van der Waals surface area contributed by atoms with Crippen LogP contribution in [0.25, 0.3) is 6.08 Å². The summed E-state index contributed by atoms with van der Waals surface area (Å²) in [6.45, 7) is 2.97. The van der Waals surface area contributed by atoms with Crippen molar-refractivity contribution in [1.82, 2.24) is 9.62 Å². The van der Waals surface area contributed by atoms with E-state index in [4.69, 9.17) is 16.7 Å². The van der Waals surface area contributed by atoms with E-state index in [2.05, 4.69) is 17.5 Å². The number of carboxylic acids is 1. The SMILES string of the molecule is C/C(=C\c1cc(Cl)ccc1C(C1CCN(S(C)(=O)=O)CC1)C1C=CC=CN1)CCC(=O)O. The second-order valence-corrected chi connectivity index (χ2v) is 11.0. The lowest BCUT2D eigenvalue weighted by Gasteiger charge is -2.39. The Bertz CT molecular complexity index is 1020. The van der Waals surface area contributed by atoms with Gasteiger partial charge in [0, 0.05) is 30.5 Å². The van der Waals surface area contributed by atoms with Crippen LogP contribution in [-0.2, 0) is 14.8 Å². The van der Waals surface area contributed by atoms with Crippen LogP contribution in [0.2, 0.25) is 5.02 Å². The van der Waals surface area contributed by atoms with Gasteiger partial charge in [-0.1, -0.05) is 41.5 Å². The van der Waals surface area contributed by atoms with Crippen molar-refractivity contribution in [2.75, 3.05) is 19.3 Å². The van der Waals surface area contributed by atoms with Gasteiger partial charge in [0.25, 0.3) is 0 Å². The average molecular weight is 479 g/mol. The van der Waals surface area contributed by atoms with Crippen LogP contribution >= 0.6 is 11.6 Å². The first-order valence-corrected chi connectivity index (χ1v) is 13.1. The van der Waals surface area contributed by atoms with Gasteiger partial charge < -0.3 is 10.4 Å². The second kappa shape index (κ2) is 10.7. The largest absolute Gasteiger partial charge is 0.481 e. The van der Waals surface area contributed by atoms with Crippen molar-refractivity contribution in [3.8, 4) is 0 Å². The number of hydrogen-bond donors (Lipinski definition) is 2. The van der Waals surface area contributed by atoms with Crippen molar-refractivity contribution >= 4 is 33.7 Å². The summed E-state index contributed by atoms with van der Waals surface area (Å²) in [6, 6.07) is 5.95. The highest BCUT2D eigenvalue weighted by atomic mass is 35.5. The molecule has 2 aliphatic rings. The Balaban J connectivity index is 1.95. The monoisotopic (exact) mass is 478 g/mol. The molecule has 1 saturated heterocycles. The van der Waals surface area contributed by atoms with Crippen LogP contribution in [0.15, 0.2) is 48.2 Å². The summed E-state index contributed by atoms with van der Waals surface area (Å²) in [7, 11) is -3.19. The minimum Gasteiger partial charge on any atom is -0.481 e. The molecule has 0 bridgehead atoms. The predicted octanol–water partition coefficient (Wildman–Crippen LogP) is 4.41. The molecule has 3 rings (SSSR count). The molecule has 0 saturated carbocycles. The molecule has 32 heavy (non-hydrogen) atoms. The van der Waals surface area contributed by atoms with Crippen LogP contribution in [0.3, 0.4) is 0 Å². The number of nitrogens with zero attached hydrogens (tertiary/aromatic N) is 1. The molecule has 0 aromatic heterocycles. The second-order valence-electron chi connectivity index (χ2n) is 8.62. The topological polar surface area (TPSA) is 86.7 Å². The molecular weight excluding hydrogens is 448 g/mol. The molecule has 8 heteroatoms. The molecule has 1 aromatic carbocycles. The van der Waals surface area contributed by atoms with E-state index in [1.54, 1.807) is 4.31 Å². The van der Waals surface area contributed by atoms with Crippen LogP contribution in [0.1, 0.15) is 49.7 Å². The van der Waals surface area contributed by atoms with Gasteiger partial charge in [0.05, 0.1) is 12.3 Å². The fourth-order valence-electron chi connectivity index (χ4n) is 4.61. The third kappa shape index (κ3) is 6.47. The molecule has 1 aromatic rings. The van der Waals surface area contributed by atoms with Crippen molar-refractivity contribution in [2.45, 2.75) is 44.6 Å². The van der Waals surface area contributed by atoms with Gasteiger partial charge in [-0.15, -0.1) is 0 Å². The number of nitrogens with one attached hydrogen (secondary N) is 1. The Hall–Kier alpha value is -2.09. The number of hydrogen-bond acceptors (Lipinski definition) is 4. The highest BCUT2D eigenvalue weighted by molar-refractivity contribution is 7.88. The summed E-state index contributed by atoms with van der Waals surface area (Å²) in [4.78, 5) is 11.0. The molecule has 2 aliphatic heterocycles. The van der Waals surface area contributed by atoms with E-state index in [0.29, 0.717) is 24.5 Å². The van der Waals surface area contributed by atoms with Crippen LogP contribution in [0.4, 0.5) is 0 Å².